The fourth-order valence-electron chi connectivity index (χ4n) is 1.48. The van der Waals surface area contributed by atoms with Crippen LogP contribution in [0.3, 0.4) is 0 Å². The normalized spacial score (nSPS) is 11.9. The summed E-state index contributed by atoms with van der Waals surface area (Å²) in [4.78, 5) is 2.90. The molecule has 0 saturated heterocycles. The monoisotopic (exact) mass is 370 g/mol. The van der Waals surface area contributed by atoms with E-state index >= 15 is 0 Å². The van der Waals surface area contributed by atoms with E-state index in [1.54, 1.807) is 54.9 Å². The Labute approximate surface area is 139 Å². The van der Waals surface area contributed by atoms with Crippen LogP contribution in [0.5, 0.6) is 0 Å². The minimum Gasteiger partial charge on any atom is -0.301 e. The van der Waals surface area contributed by atoms with Gasteiger partial charge in [-0.3, -0.25) is 0 Å². The minimum absolute atomic E-state index is 0.839. The van der Waals surface area contributed by atoms with E-state index in [1.807, 2.05) is 6.26 Å². The van der Waals surface area contributed by atoms with Crippen molar-refractivity contribution in [1.29, 1.82) is 0 Å². The van der Waals surface area contributed by atoms with Crippen molar-refractivity contribution in [2.24, 2.45) is 11.5 Å². The van der Waals surface area contributed by atoms with Gasteiger partial charge in [-0.05, 0) is 31.1 Å². The average Bonchev–Trinajstić information content (AvgIpc) is 2.40. The number of nitrogens with two attached hydrogens (primary N) is 2. The van der Waals surface area contributed by atoms with Gasteiger partial charge in [0.1, 0.15) is 4.99 Å². The van der Waals surface area contributed by atoms with Crippen LogP contribution < -0.4 is 11.5 Å². The third-order valence-corrected chi connectivity index (χ3v) is 7.85. The van der Waals surface area contributed by atoms with Gasteiger partial charge in [0.05, 0.1) is 0 Å². The van der Waals surface area contributed by atoms with E-state index in [0.29, 0.717) is 0 Å². The predicted octanol–water partition coefficient (Wildman–Crippen LogP) is 4.54. The lowest BCUT2D eigenvalue weighted by Crippen LogP contribution is -2.42. The van der Waals surface area contributed by atoms with Crippen molar-refractivity contribution >= 4 is 66.7 Å². The molecule has 0 aliphatic rings. The highest BCUT2D eigenvalue weighted by atomic mass is 33.1. The molecule has 1 aromatic carbocycles. The zero-order valence-electron chi connectivity index (χ0n) is 11.3. The number of hydrogen-bond acceptors (Lipinski definition) is 8. The van der Waals surface area contributed by atoms with Crippen molar-refractivity contribution in [3.05, 3.63) is 17.7 Å². The Morgan fingerprint density at radius 3 is 2.00 bits per heavy atom. The van der Waals surface area contributed by atoms with Gasteiger partial charge in [-0.25, -0.2) is 0 Å². The van der Waals surface area contributed by atoms with Crippen LogP contribution in [0.1, 0.15) is 5.56 Å². The molecule has 0 radical (unpaired) electrons. The highest BCUT2D eigenvalue weighted by molar-refractivity contribution is 8.77. The zero-order chi connectivity index (χ0) is 14.5. The van der Waals surface area contributed by atoms with Gasteiger partial charge < -0.3 is 11.5 Å². The summed E-state index contributed by atoms with van der Waals surface area (Å²) in [5, 5.41) is 0. The van der Waals surface area contributed by atoms with E-state index in [4.69, 9.17) is 11.5 Å². The van der Waals surface area contributed by atoms with Gasteiger partial charge in [-0.1, -0.05) is 49.2 Å². The first-order valence-electron chi connectivity index (χ1n) is 5.27. The summed E-state index contributed by atoms with van der Waals surface area (Å²) in [6, 6.07) is 4.19. The summed E-state index contributed by atoms with van der Waals surface area (Å²) in [5.74, 6) is 0. The standard InChI is InChI=1S/C11H18N2S6/c1-14-9-7(11(12,13)15-2)5-6-8(18-16-3)10(9)19-17-4/h5-6H,12-13H2,1-4H3. The molecule has 0 aromatic heterocycles. The van der Waals surface area contributed by atoms with Crippen LogP contribution in [0, 0.1) is 0 Å². The molecule has 1 rings (SSSR count). The quantitative estimate of drug-likeness (QED) is 0.412. The first-order valence-corrected chi connectivity index (χ1v) is 12.8. The van der Waals surface area contributed by atoms with Gasteiger partial charge in [0.25, 0.3) is 0 Å². The fraction of sp³-hybridized carbons (Fsp3) is 0.455. The van der Waals surface area contributed by atoms with Crippen molar-refractivity contribution in [2.45, 2.75) is 19.7 Å². The van der Waals surface area contributed by atoms with E-state index < -0.39 is 4.99 Å². The van der Waals surface area contributed by atoms with Crippen molar-refractivity contribution < 1.29 is 0 Å². The number of benzene rings is 1. The van der Waals surface area contributed by atoms with Crippen LogP contribution in [0.4, 0.5) is 0 Å². The lowest BCUT2D eigenvalue weighted by molar-refractivity contribution is 0.674. The summed E-state index contributed by atoms with van der Waals surface area (Å²) >= 11 is 3.18. The summed E-state index contributed by atoms with van der Waals surface area (Å²) in [5.41, 5.74) is 13.4. The lowest BCUT2D eigenvalue weighted by Gasteiger charge is -2.26. The summed E-state index contributed by atoms with van der Waals surface area (Å²) in [6.45, 7) is 0. The first kappa shape index (κ1) is 18.3. The molecule has 0 bridgehead atoms. The maximum Gasteiger partial charge on any atom is 0.139 e. The molecule has 0 aliphatic heterocycles. The molecule has 4 N–H and O–H groups in total. The lowest BCUT2D eigenvalue weighted by atomic mass is 10.2. The van der Waals surface area contributed by atoms with E-state index in [2.05, 4.69) is 30.9 Å². The summed E-state index contributed by atoms with van der Waals surface area (Å²) in [7, 11) is 7.05. The minimum atomic E-state index is -0.839. The third-order valence-electron chi connectivity index (χ3n) is 2.38. The molecule has 1 aromatic rings. The second-order valence-corrected chi connectivity index (χ2v) is 10.2. The van der Waals surface area contributed by atoms with E-state index in [-0.39, 0.29) is 0 Å². The van der Waals surface area contributed by atoms with Gasteiger partial charge in [-0.2, -0.15) is 0 Å². The largest absolute Gasteiger partial charge is 0.301 e. The maximum atomic E-state index is 6.20. The van der Waals surface area contributed by atoms with Gasteiger partial charge in [0.2, 0.25) is 0 Å². The van der Waals surface area contributed by atoms with Gasteiger partial charge >= 0.3 is 0 Å². The maximum absolute atomic E-state index is 6.20. The van der Waals surface area contributed by atoms with Gasteiger partial charge in [0.15, 0.2) is 0 Å². The molecular formula is C11H18N2S6. The Bertz CT molecular complexity index is 424. The number of thioether (sulfide) groups is 2. The van der Waals surface area contributed by atoms with Crippen LogP contribution in [-0.4, -0.2) is 25.0 Å². The zero-order valence-corrected chi connectivity index (χ0v) is 16.2. The van der Waals surface area contributed by atoms with Gasteiger partial charge in [-0.15, -0.1) is 23.5 Å². The molecule has 0 amide bonds. The molecule has 0 unspecified atom stereocenters. The number of rotatable bonds is 7. The summed E-state index contributed by atoms with van der Waals surface area (Å²) in [6.07, 6.45) is 8.19. The Morgan fingerprint density at radius 1 is 0.895 bits per heavy atom. The van der Waals surface area contributed by atoms with Crippen LogP contribution >= 0.6 is 66.7 Å². The first-order chi connectivity index (χ1) is 9.01. The molecule has 0 aliphatic carbocycles. The molecule has 19 heavy (non-hydrogen) atoms. The average molecular weight is 371 g/mol. The SMILES string of the molecule is CSSc1ccc(C(N)(N)SC)c(SC)c1SSC. The van der Waals surface area contributed by atoms with Crippen molar-refractivity contribution in [1.82, 2.24) is 0 Å². The van der Waals surface area contributed by atoms with Crippen LogP contribution in [-0.2, 0) is 4.99 Å². The van der Waals surface area contributed by atoms with E-state index in [1.165, 1.54) is 26.4 Å². The molecule has 2 nitrogen and oxygen atoms in total. The van der Waals surface area contributed by atoms with Crippen LogP contribution in [0.2, 0.25) is 0 Å². The van der Waals surface area contributed by atoms with Gasteiger partial charge in [0, 0.05) is 20.2 Å². The molecule has 0 saturated carbocycles. The van der Waals surface area contributed by atoms with E-state index in [9.17, 15) is 0 Å². The Kier molecular flexibility index (Phi) is 8.30. The highest BCUT2D eigenvalue weighted by Gasteiger charge is 2.26. The smallest absolute Gasteiger partial charge is 0.139 e. The Hall–Kier alpha value is 1.24. The van der Waals surface area contributed by atoms with Crippen molar-refractivity contribution in [3.63, 3.8) is 0 Å². The van der Waals surface area contributed by atoms with Crippen LogP contribution in [0.15, 0.2) is 26.8 Å². The molecular weight excluding hydrogens is 353 g/mol. The second kappa shape index (κ2) is 8.63. The molecule has 108 valence electrons. The van der Waals surface area contributed by atoms with Crippen LogP contribution in [0.25, 0.3) is 0 Å². The molecule has 0 atom stereocenters. The molecule has 0 spiro atoms. The molecule has 8 heteroatoms. The predicted molar refractivity (Wildman–Crippen MR) is 101 cm³/mol. The van der Waals surface area contributed by atoms with E-state index in [0.717, 1.165) is 5.56 Å². The molecule has 0 heterocycles. The Morgan fingerprint density at radius 2 is 1.53 bits per heavy atom. The number of hydrogen-bond donors (Lipinski definition) is 2. The van der Waals surface area contributed by atoms with Crippen molar-refractivity contribution in [2.75, 3.05) is 25.0 Å². The molecule has 0 fully saturated rings. The fourth-order valence-corrected chi connectivity index (χ4v) is 6.81. The topological polar surface area (TPSA) is 52.0 Å². The van der Waals surface area contributed by atoms with Crippen molar-refractivity contribution in [3.8, 4) is 0 Å². The summed E-state index contributed by atoms with van der Waals surface area (Å²) < 4.78 is 0. The Balaban J connectivity index is 3.39. The second-order valence-electron chi connectivity index (χ2n) is 3.47. The third kappa shape index (κ3) is 4.60. The highest BCUT2D eigenvalue weighted by Crippen LogP contribution is 2.48.